The van der Waals surface area contributed by atoms with Gasteiger partial charge in [0.15, 0.2) is 0 Å². The number of rotatable bonds is 7. The van der Waals surface area contributed by atoms with Gasteiger partial charge >= 0.3 is 0 Å². The first kappa shape index (κ1) is 17.8. The Hall–Kier alpha value is -1.50. The van der Waals surface area contributed by atoms with Gasteiger partial charge in [0.1, 0.15) is 5.75 Å². The average molecular weight is 351 g/mol. The van der Waals surface area contributed by atoms with Crippen molar-refractivity contribution in [3.8, 4) is 5.75 Å². The van der Waals surface area contributed by atoms with Crippen molar-refractivity contribution in [2.24, 2.45) is 0 Å². The number of nitrogens with zero attached hydrogens (tertiary/aromatic N) is 1. The maximum Gasteiger partial charge on any atom is 0.243 e. The first-order valence-corrected chi connectivity index (χ1v) is 9.37. The zero-order valence-corrected chi connectivity index (χ0v) is 14.9. The van der Waals surface area contributed by atoms with Crippen LogP contribution in [0.2, 0.25) is 0 Å². The quantitative estimate of drug-likeness (QED) is 0.779. The molecule has 6 heteroatoms. The van der Waals surface area contributed by atoms with Crippen LogP contribution in [-0.2, 0) is 16.6 Å². The molecule has 2 aromatic carbocycles. The van der Waals surface area contributed by atoms with Gasteiger partial charge < -0.3 is 4.74 Å². The van der Waals surface area contributed by atoms with Crippen LogP contribution in [0.4, 0.5) is 0 Å². The molecule has 2 aromatic rings. The summed E-state index contributed by atoms with van der Waals surface area (Å²) in [5.74, 6) is 1.07. The highest BCUT2D eigenvalue weighted by Gasteiger charge is 2.28. The maximum atomic E-state index is 13.0. The molecule has 0 spiro atoms. The molecular formula is C17H21NO3S2. The van der Waals surface area contributed by atoms with Gasteiger partial charge in [-0.3, -0.25) is 0 Å². The average Bonchev–Trinajstić information content (AvgIpc) is 2.59. The normalized spacial score (nSPS) is 13.0. The van der Waals surface area contributed by atoms with E-state index in [0.717, 1.165) is 5.56 Å². The molecule has 1 atom stereocenters. The van der Waals surface area contributed by atoms with Crippen molar-refractivity contribution in [3.05, 3.63) is 60.2 Å². The third-order valence-electron chi connectivity index (χ3n) is 3.60. The molecular weight excluding hydrogens is 330 g/mol. The van der Waals surface area contributed by atoms with Gasteiger partial charge in [0.05, 0.1) is 12.0 Å². The van der Waals surface area contributed by atoms with E-state index in [1.165, 1.54) is 4.31 Å². The topological polar surface area (TPSA) is 46.6 Å². The molecule has 0 N–H and O–H groups in total. The molecule has 0 radical (unpaired) electrons. The molecule has 2 rings (SSSR count). The Bertz CT molecular complexity index is 715. The third kappa shape index (κ3) is 4.28. The fourth-order valence-electron chi connectivity index (χ4n) is 2.22. The molecule has 0 fully saturated rings. The van der Waals surface area contributed by atoms with Crippen LogP contribution in [-0.4, -0.2) is 31.6 Å². The van der Waals surface area contributed by atoms with E-state index in [9.17, 15) is 8.42 Å². The first-order chi connectivity index (χ1) is 11.0. The Morgan fingerprint density at radius 2 is 1.70 bits per heavy atom. The zero-order chi connectivity index (χ0) is 16.9. The van der Waals surface area contributed by atoms with Crippen LogP contribution in [0.1, 0.15) is 12.5 Å². The second-order valence-corrected chi connectivity index (χ2v) is 7.50. The Labute approximate surface area is 143 Å². The number of hydrogen-bond acceptors (Lipinski definition) is 4. The molecule has 0 heterocycles. The number of benzene rings is 2. The minimum absolute atomic E-state index is 0.217. The van der Waals surface area contributed by atoms with E-state index in [0.29, 0.717) is 18.0 Å². The Balaban J connectivity index is 2.36. The van der Waals surface area contributed by atoms with Crippen LogP contribution in [0, 0.1) is 0 Å². The molecule has 0 saturated heterocycles. The smallest absolute Gasteiger partial charge is 0.243 e. The van der Waals surface area contributed by atoms with Crippen LogP contribution >= 0.6 is 12.6 Å². The van der Waals surface area contributed by atoms with Gasteiger partial charge in [-0.05, 0) is 36.8 Å². The summed E-state index contributed by atoms with van der Waals surface area (Å²) in [7, 11) is -2.06. The lowest BCUT2D eigenvalue weighted by Crippen LogP contribution is -2.39. The lowest BCUT2D eigenvalue weighted by atomic mass is 10.2. The van der Waals surface area contributed by atoms with Gasteiger partial charge in [-0.15, -0.1) is 0 Å². The predicted molar refractivity (Wildman–Crippen MR) is 95.5 cm³/mol. The monoisotopic (exact) mass is 351 g/mol. The van der Waals surface area contributed by atoms with Crippen molar-refractivity contribution in [1.82, 2.24) is 4.31 Å². The molecule has 124 valence electrons. The van der Waals surface area contributed by atoms with Crippen LogP contribution in [0.15, 0.2) is 59.5 Å². The molecule has 0 amide bonds. The molecule has 0 saturated carbocycles. The molecule has 0 aromatic heterocycles. The van der Waals surface area contributed by atoms with E-state index in [4.69, 9.17) is 4.74 Å². The summed E-state index contributed by atoms with van der Waals surface area (Å²) in [5, 5.41) is 0. The first-order valence-electron chi connectivity index (χ1n) is 7.29. The fourth-order valence-corrected chi connectivity index (χ4v) is 4.14. The number of thiol groups is 1. The Morgan fingerprint density at radius 3 is 2.22 bits per heavy atom. The van der Waals surface area contributed by atoms with Gasteiger partial charge in [-0.2, -0.15) is 16.9 Å². The standard InChI is InChI=1S/C17H21NO3S2/c1-14(13-22)18(12-15-6-4-3-5-7-15)23(19,20)17-10-8-16(21-2)9-11-17/h3-11,14,22H,12-13H2,1-2H3/t14-/m0/s1. The molecule has 0 bridgehead atoms. The highest BCUT2D eigenvalue weighted by Crippen LogP contribution is 2.23. The second-order valence-electron chi connectivity index (χ2n) is 5.24. The fraction of sp³-hybridized carbons (Fsp3) is 0.294. The number of methoxy groups -OCH3 is 1. The van der Waals surface area contributed by atoms with Gasteiger partial charge in [0.25, 0.3) is 0 Å². The molecule has 0 aliphatic carbocycles. The summed E-state index contributed by atoms with van der Waals surface area (Å²) >= 11 is 4.27. The maximum absolute atomic E-state index is 13.0. The van der Waals surface area contributed by atoms with Crippen LogP contribution in [0.5, 0.6) is 5.75 Å². The lowest BCUT2D eigenvalue weighted by molar-refractivity contribution is 0.352. The van der Waals surface area contributed by atoms with Gasteiger partial charge in [0, 0.05) is 18.3 Å². The number of ether oxygens (including phenoxy) is 1. The van der Waals surface area contributed by atoms with Crippen molar-refractivity contribution in [2.75, 3.05) is 12.9 Å². The summed E-state index contributed by atoms with van der Waals surface area (Å²) in [6.07, 6.45) is 0. The Kier molecular flexibility index (Phi) is 6.10. The zero-order valence-electron chi connectivity index (χ0n) is 13.2. The minimum atomic E-state index is -3.61. The highest BCUT2D eigenvalue weighted by atomic mass is 32.2. The van der Waals surface area contributed by atoms with Crippen molar-refractivity contribution in [2.45, 2.75) is 24.4 Å². The minimum Gasteiger partial charge on any atom is -0.497 e. The third-order valence-corrected chi connectivity index (χ3v) is 6.11. The summed E-state index contributed by atoms with van der Waals surface area (Å²) in [6.45, 7) is 2.17. The molecule has 4 nitrogen and oxygen atoms in total. The van der Waals surface area contributed by atoms with E-state index >= 15 is 0 Å². The van der Waals surface area contributed by atoms with E-state index in [1.54, 1.807) is 31.4 Å². The predicted octanol–water partition coefficient (Wildman–Crippen LogP) is 3.20. The van der Waals surface area contributed by atoms with Crippen LogP contribution in [0.25, 0.3) is 0 Å². The van der Waals surface area contributed by atoms with Crippen molar-refractivity contribution in [3.63, 3.8) is 0 Å². The Morgan fingerprint density at radius 1 is 1.09 bits per heavy atom. The summed E-state index contributed by atoms with van der Waals surface area (Å²) in [5.41, 5.74) is 0.943. The SMILES string of the molecule is COc1ccc(S(=O)(=O)N(Cc2ccccc2)[C@@H](C)CS)cc1. The molecule has 0 aliphatic heterocycles. The lowest BCUT2D eigenvalue weighted by Gasteiger charge is -2.27. The van der Waals surface area contributed by atoms with E-state index in [2.05, 4.69) is 12.6 Å². The highest BCUT2D eigenvalue weighted by molar-refractivity contribution is 7.89. The second kappa shape index (κ2) is 7.86. The van der Waals surface area contributed by atoms with Crippen molar-refractivity contribution < 1.29 is 13.2 Å². The summed E-state index contributed by atoms with van der Waals surface area (Å²) in [6, 6.07) is 15.8. The van der Waals surface area contributed by atoms with Crippen molar-refractivity contribution in [1.29, 1.82) is 0 Å². The molecule has 23 heavy (non-hydrogen) atoms. The molecule has 0 aliphatic rings. The van der Waals surface area contributed by atoms with Gasteiger partial charge in [-0.1, -0.05) is 30.3 Å². The van der Waals surface area contributed by atoms with Gasteiger partial charge in [0.2, 0.25) is 10.0 Å². The van der Waals surface area contributed by atoms with E-state index < -0.39 is 10.0 Å². The number of hydrogen-bond donors (Lipinski definition) is 1. The largest absolute Gasteiger partial charge is 0.497 e. The summed E-state index contributed by atoms with van der Waals surface area (Å²) < 4.78 is 32.5. The van der Waals surface area contributed by atoms with E-state index in [1.807, 2.05) is 37.3 Å². The van der Waals surface area contributed by atoms with Crippen LogP contribution < -0.4 is 4.74 Å². The van der Waals surface area contributed by atoms with E-state index in [-0.39, 0.29) is 10.9 Å². The van der Waals surface area contributed by atoms with Crippen LogP contribution in [0.3, 0.4) is 0 Å². The number of sulfonamides is 1. The molecule has 0 unspecified atom stereocenters. The summed E-state index contributed by atoms with van der Waals surface area (Å²) in [4.78, 5) is 0.253. The van der Waals surface area contributed by atoms with Crippen molar-refractivity contribution >= 4 is 22.7 Å². The van der Waals surface area contributed by atoms with Gasteiger partial charge in [-0.25, -0.2) is 8.42 Å².